The summed E-state index contributed by atoms with van der Waals surface area (Å²) in [6.45, 7) is 1.35. The second-order valence-corrected chi connectivity index (χ2v) is 7.30. The fourth-order valence-corrected chi connectivity index (χ4v) is 3.87. The molecule has 1 aliphatic heterocycles. The predicted molar refractivity (Wildman–Crippen MR) is 107 cm³/mol. The van der Waals surface area contributed by atoms with E-state index >= 15 is 0 Å². The zero-order valence-corrected chi connectivity index (χ0v) is 15.9. The number of likely N-dealkylation sites (tertiary alicyclic amines) is 1. The number of carbonyl (C=O) groups excluding carboxylic acids is 1. The van der Waals surface area contributed by atoms with Crippen molar-refractivity contribution in [1.82, 2.24) is 19.9 Å². The third kappa shape index (κ3) is 4.18. The van der Waals surface area contributed by atoms with E-state index in [0.717, 1.165) is 30.5 Å². The van der Waals surface area contributed by atoms with Gasteiger partial charge in [0.2, 0.25) is 0 Å². The van der Waals surface area contributed by atoms with Gasteiger partial charge in [0.1, 0.15) is 0 Å². The Hall–Kier alpha value is -3.48. The number of rotatable bonds is 5. The second kappa shape index (κ2) is 8.26. The monoisotopic (exact) mass is 390 g/mol. The number of nitrogens with zero attached hydrogens (tertiary/aromatic N) is 4. The number of aromatic nitrogens is 3. The van der Waals surface area contributed by atoms with Crippen LogP contribution in [0.2, 0.25) is 0 Å². The summed E-state index contributed by atoms with van der Waals surface area (Å²) in [6, 6.07) is 14.5. The summed E-state index contributed by atoms with van der Waals surface area (Å²) in [6.07, 6.45) is 5.79. The van der Waals surface area contributed by atoms with E-state index in [4.69, 9.17) is 0 Å². The van der Waals surface area contributed by atoms with Crippen LogP contribution in [-0.4, -0.2) is 50.0 Å². The number of carbonyl (C=O) groups is 2. The van der Waals surface area contributed by atoms with E-state index in [1.807, 2.05) is 41.3 Å². The molecule has 1 N–H and O–H groups in total. The van der Waals surface area contributed by atoms with E-state index in [1.165, 1.54) is 0 Å². The highest BCUT2D eigenvalue weighted by Gasteiger charge is 2.25. The van der Waals surface area contributed by atoms with Gasteiger partial charge in [0.15, 0.2) is 0 Å². The maximum absolute atomic E-state index is 12.9. The van der Waals surface area contributed by atoms with Crippen molar-refractivity contribution in [3.05, 3.63) is 77.6 Å². The smallest absolute Gasteiger partial charge is 0.335 e. The summed E-state index contributed by atoms with van der Waals surface area (Å²) in [7, 11) is 0. The van der Waals surface area contributed by atoms with Gasteiger partial charge in [0, 0.05) is 18.7 Å². The molecule has 0 spiro atoms. The molecule has 1 aromatic heterocycles. The van der Waals surface area contributed by atoms with Gasteiger partial charge < -0.3 is 10.0 Å². The Morgan fingerprint density at radius 2 is 1.86 bits per heavy atom. The molecule has 0 aliphatic carbocycles. The molecule has 4 rings (SSSR count). The summed E-state index contributed by atoms with van der Waals surface area (Å²) in [5.74, 6) is -0.502. The third-order valence-corrected chi connectivity index (χ3v) is 5.44. The molecule has 0 atom stereocenters. The summed E-state index contributed by atoms with van der Waals surface area (Å²) in [5.41, 5.74) is 2.67. The van der Waals surface area contributed by atoms with Gasteiger partial charge in [0.25, 0.3) is 5.91 Å². The van der Waals surface area contributed by atoms with E-state index in [2.05, 4.69) is 10.3 Å². The van der Waals surface area contributed by atoms with E-state index < -0.39 is 5.97 Å². The zero-order chi connectivity index (χ0) is 20.2. The van der Waals surface area contributed by atoms with Crippen molar-refractivity contribution < 1.29 is 14.7 Å². The minimum Gasteiger partial charge on any atom is -0.478 e. The number of amides is 1. The Balaban J connectivity index is 1.39. The van der Waals surface area contributed by atoms with E-state index in [-0.39, 0.29) is 5.91 Å². The molecule has 2 aromatic carbocycles. The molecule has 7 heteroatoms. The number of benzene rings is 2. The summed E-state index contributed by atoms with van der Waals surface area (Å²) in [5, 5.41) is 17.1. The Labute approximate surface area is 168 Å². The molecule has 1 saturated heterocycles. The van der Waals surface area contributed by atoms with E-state index in [1.54, 1.807) is 29.2 Å². The lowest BCUT2D eigenvalue weighted by molar-refractivity contribution is 0.0690. The molecule has 0 bridgehead atoms. The topological polar surface area (TPSA) is 88.3 Å². The Morgan fingerprint density at radius 3 is 2.59 bits per heavy atom. The SMILES string of the molecule is O=C(O)c1ccccc1CC1CCN(C(=O)c2cccc(-n3ccnn3)c2)CC1. The fourth-order valence-electron chi connectivity index (χ4n) is 3.87. The lowest BCUT2D eigenvalue weighted by atomic mass is 9.88. The van der Waals surface area contributed by atoms with Crippen LogP contribution in [0.5, 0.6) is 0 Å². The molecular weight excluding hydrogens is 368 g/mol. The maximum atomic E-state index is 12.9. The van der Waals surface area contributed by atoms with Gasteiger partial charge in [0.05, 0.1) is 23.6 Å². The zero-order valence-electron chi connectivity index (χ0n) is 15.9. The number of hydrogen-bond donors (Lipinski definition) is 1. The van der Waals surface area contributed by atoms with Crippen LogP contribution in [-0.2, 0) is 6.42 Å². The fraction of sp³-hybridized carbons (Fsp3) is 0.273. The van der Waals surface area contributed by atoms with Crippen molar-refractivity contribution in [2.45, 2.75) is 19.3 Å². The molecule has 7 nitrogen and oxygen atoms in total. The lowest BCUT2D eigenvalue weighted by Gasteiger charge is -2.32. The highest BCUT2D eigenvalue weighted by atomic mass is 16.4. The van der Waals surface area contributed by atoms with Crippen LogP contribution >= 0.6 is 0 Å². The molecule has 0 saturated carbocycles. The first-order valence-corrected chi connectivity index (χ1v) is 9.69. The Bertz CT molecular complexity index is 1010. The predicted octanol–water partition coefficient (Wildman–Crippen LogP) is 3.06. The first-order chi connectivity index (χ1) is 14.1. The molecule has 148 valence electrons. The van der Waals surface area contributed by atoms with Crippen molar-refractivity contribution in [1.29, 1.82) is 0 Å². The van der Waals surface area contributed by atoms with Crippen molar-refractivity contribution in [3.63, 3.8) is 0 Å². The average molecular weight is 390 g/mol. The van der Waals surface area contributed by atoms with Crippen molar-refractivity contribution in [2.24, 2.45) is 5.92 Å². The molecular formula is C22H22N4O3. The first-order valence-electron chi connectivity index (χ1n) is 9.69. The van der Waals surface area contributed by atoms with Gasteiger partial charge in [-0.25, -0.2) is 9.48 Å². The van der Waals surface area contributed by atoms with Gasteiger partial charge in [-0.15, -0.1) is 5.10 Å². The van der Waals surface area contributed by atoms with Crippen LogP contribution in [0.3, 0.4) is 0 Å². The van der Waals surface area contributed by atoms with Crippen LogP contribution in [0, 0.1) is 5.92 Å². The Kier molecular flexibility index (Phi) is 5.37. The highest BCUT2D eigenvalue weighted by Crippen LogP contribution is 2.25. The van der Waals surface area contributed by atoms with Gasteiger partial charge >= 0.3 is 5.97 Å². The minimum atomic E-state index is -0.888. The largest absolute Gasteiger partial charge is 0.478 e. The minimum absolute atomic E-state index is 0.0105. The molecule has 2 heterocycles. The van der Waals surface area contributed by atoms with Gasteiger partial charge in [-0.2, -0.15) is 0 Å². The number of aromatic carboxylic acids is 1. The molecule has 29 heavy (non-hydrogen) atoms. The van der Waals surface area contributed by atoms with Gasteiger partial charge in [-0.05, 0) is 55.0 Å². The molecule has 0 unspecified atom stereocenters. The summed E-state index contributed by atoms with van der Waals surface area (Å²) in [4.78, 5) is 26.2. The standard InChI is InChI=1S/C22H22N4O3/c27-21(18-5-3-6-19(15-18)26-13-10-23-24-26)25-11-8-16(9-12-25)14-17-4-1-2-7-20(17)22(28)29/h1-7,10,13,15-16H,8-9,11-12,14H2,(H,28,29). The van der Waals surface area contributed by atoms with Crippen LogP contribution in [0.4, 0.5) is 0 Å². The highest BCUT2D eigenvalue weighted by molar-refractivity contribution is 5.94. The van der Waals surface area contributed by atoms with E-state index in [0.29, 0.717) is 30.1 Å². The van der Waals surface area contributed by atoms with Crippen LogP contribution in [0.25, 0.3) is 5.69 Å². The van der Waals surface area contributed by atoms with Gasteiger partial charge in [-0.1, -0.05) is 29.5 Å². The molecule has 1 aliphatic rings. The van der Waals surface area contributed by atoms with Crippen molar-refractivity contribution >= 4 is 11.9 Å². The van der Waals surface area contributed by atoms with Crippen LogP contribution < -0.4 is 0 Å². The molecule has 0 radical (unpaired) electrons. The number of hydrogen-bond acceptors (Lipinski definition) is 4. The normalized spacial score (nSPS) is 14.7. The van der Waals surface area contributed by atoms with Crippen LogP contribution in [0.15, 0.2) is 60.9 Å². The molecule has 3 aromatic rings. The van der Waals surface area contributed by atoms with E-state index in [9.17, 15) is 14.7 Å². The quantitative estimate of drug-likeness (QED) is 0.723. The average Bonchev–Trinajstić information content (AvgIpc) is 3.29. The molecule has 1 fully saturated rings. The summed E-state index contributed by atoms with van der Waals surface area (Å²) < 4.78 is 1.63. The maximum Gasteiger partial charge on any atom is 0.335 e. The van der Waals surface area contributed by atoms with Gasteiger partial charge in [-0.3, -0.25) is 4.79 Å². The number of carboxylic acid groups (broad SMARTS) is 1. The van der Waals surface area contributed by atoms with Crippen LogP contribution in [0.1, 0.15) is 39.1 Å². The second-order valence-electron chi connectivity index (χ2n) is 7.30. The third-order valence-electron chi connectivity index (χ3n) is 5.44. The van der Waals surface area contributed by atoms with Crippen molar-refractivity contribution in [2.75, 3.05) is 13.1 Å². The first kappa shape index (κ1) is 18.9. The number of carboxylic acids is 1. The van der Waals surface area contributed by atoms with Crippen molar-refractivity contribution in [3.8, 4) is 5.69 Å². The lowest BCUT2D eigenvalue weighted by Crippen LogP contribution is -2.39. The summed E-state index contributed by atoms with van der Waals surface area (Å²) >= 11 is 0. The molecule has 1 amide bonds. The number of piperidine rings is 1. The Morgan fingerprint density at radius 1 is 1.07 bits per heavy atom.